The highest BCUT2D eigenvalue weighted by atomic mass is 35.5. The van der Waals surface area contributed by atoms with Crippen LogP contribution in [0.5, 0.6) is 0 Å². The van der Waals surface area contributed by atoms with Crippen LogP contribution < -0.4 is 5.32 Å². The van der Waals surface area contributed by atoms with Crippen LogP contribution in [0.3, 0.4) is 0 Å². The van der Waals surface area contributed by atoms with Crippen LogP contribution in [0.4, 0.5) is 5.95 Å². The first kappa shape index (κ1) is 13.3. The second kappa shape index (κ2) is 5.38. The summed E-state index contributed by atoms with van der Waals surface area (Å²) < 4.78 is 0. The lowest BCUT2D eigenvalue weighted by atomic mass is 10.1. The van der Waals surface area contributed by atoms with E-state index in [1.807, 2.05) is 24.3 Å². The fourth-order valence-electron chi connectivity index (χ4n) is 2.19. The molecule has 1 aliphatic carbocycles. The maximum Gasteiger partial charge on any atom is 0.230 e. The van der Waals surface area contributed by atoms with Gasteiger partial charge in [0.25, 0.3) is 0 Å². The SMILES string of the molecule is O=C(Nc1nccc(Cl)n1)[C@H]1C[C@@H]1c1cccc(Cl)c1. The third-order valence-corrected chi connectivity index (χ3v) is 3.71. The number of amides is 1. The molecule has 1 heterocycles. The average Bonchev–Trinajstić information content (AvgIpc) is 3.19. The van der Waals surface area contributed by atoms with Gasteiger partial charge in [0.1, 0.15) is 5.15 Å². The Hall–Kier alpha value is -1.65. The largest absolute Gasteiger partial charge is 0.294 e. The van der Waals surface area contributed by atoms with Crippen LogP contribution in [0, 0.1) is 5.92 Å². The van der Waals surface area contributed by atoms with E-state index < -0.39 is 0 Å². The quantitative estimate of drug-likeness (QED) is 0.883. The van der Waals surface area contributed by atoms with Crippen molar-refractivity contribution in [2.45, 2.75) is 12.3 Å². The van der Waals surface area contributed by atoms with Gasteiger partial charge in [-0.05, 0) is 36.1 Å². The number of benzene rings is 1. The van der Waals surface area contributed by atoms with Crippen molar-refractivity contribution in [2.75, 3.05) is 5.32 Å². The number of carbonyl (C=O) groups excluding carboxylic acids is 1. The topological polar surface area (TPSA) is 54.9 Å². The first-order chi connectivity index (χ1) is 9.63. The van der Waals surface area contributed by atoms with E-state index in [2.05, 4.69) is 15.3 Å². The molecule has 0 spiro atoms. The Balaban J connectivity index is 1.66. The first-order valence-corrected chi connectivity index (χ1v) is 6.94. The molecule has 0 unspecified atom stereocenters. The van der Waals surface area contributed by atoms with Gasteiger partial charge in [-0.15, -0.1) is 0 Å². The van der Waals surface area contributed by atoms with Crippen molar-refractivity contribution in [3.63, 3.8) is 0 Å². The Bertz CT molecular complexity index is 662. The van der Waals surface area contributed by atoms with Crippen molar-refractivity contribution >= 4 is 35.1 Å². The Morgan fingerprint density at radius 1 is 1.30 bits per heavy atom. The van der Waals surface area contributed by atoms with Crippen LogP contribution in [0.15, 0.2) is 36.5 Å². The van der Waals surface area contributed by atoms with Gasteiger partial charge in [-0.25, -0.2) is 9.97 Å². The van der Waals surface area contributed by atoms with Crippen LogP contribution in [0.2, 0.25) is 10.2 Å². The van der Waals surface area contributed by atoms with Gasteiger partial charge in [0.2, 0.25) is 11.9 Å². The number of aromatic nitrogens is 2. The molecule has 0 saturated heterocycles. The number of halogens is 2. The van der Waals surface area contributed by atoms with Crippen molar-refractivity contribution in [3.05, 3.63) is 52.3 Å². The molecule has 1 saturated carbocycles. The van der Waals surface area contributed by atoms with E-state index in [-0.39, 0.29) is 23.7 Å². The van der Waals surface area contributed by atoms with E-state index in [4.69, 9.17) is 23.2 Å². The van der Waals surface area contributed by atoms with E-state index in [0.29, 0.717) is 10.2 Å². The summed E-state index contributed by atoms with van der Waals surface area (Å²) >= 11 is 11.7. The molecule has 3 rings (SSSR count). The molecule has 1 N–H and O–H groups in total. The number of nitrogens with zero attached hydrogens (tertiary/aromatic N) is 2. The number of carbonyl (C=O) groups is 1. The van der Waals surface area contributed by atoms with E-state index in [1.165, 1.54) is 6.20 Å². The Morgan fingerprint density at radius 2 is 2.15 bits per heavy atom. The molecular weight excluding hydrogens is 297 g/mol. The minimum absolute atomic E-state index is 0.0592. The Morgan fingerprint density at radius 3 is 2.90 bits per heavy atom. The molecule has 4 nitrogen and oxygen atoms in total. The van der Waals surface area contributed by atoms with Gasteiger partial charge in [0.05, 0.1) is 0 Å². The summed E-state index contributed by atoms with van der Waals surface area (Å²) in [7, 11) is 0. The molecule has 0 radical (unpaired) electrons. The molecule has 2 atom stereocenters. The molecule has 1 aliphatic rings. The number of hydrogen-bond acceptors (Lipinski definition) is 3. The monoisotopic (exact) mass is 307 g/mol. The first-order valence-electron chi connectivity index (χ1n) is 6.18. The minimum atomic E-state index is -0.0859. The number of nitrogens with one attached hydrogen (secondary N) is 1. The maximum absolute atomic E-state index is 12.1. The van der Waals surface area contributed by atoms with Gasteiger partial charge in [-0.2, -0.15) is 0 Å². The zero-order valence-corrected chi connectivity index (χ0v) is 11.9. The average molecular weight is 308 g/mol. The fourth-order valence-corrected chi connectivity index (χ4v) is 2.53. The minimum Gasteiger partial charge on any atom is -0.294 e. The van der Waals surface area contributed by atoms with Gasteiger partial charge < -0.3 is 0 Å². The molecular formula is C14H11Cl2N3O. The van der Waals surface area contributed by atoms with Crippen LogP contribution in [0.1, 0.15) is 17.9 Å². The van der Waals surface area contributed by atoms with Crippen molar-refractivity contribution in [1.82, 2.24) is 9.97 Å². The van der Waals surface area contributed by atoms with Crippen LogP contribution >= 0.6 is 23.2 Å². The summed E-state index contributed by atoms with van der Waals surface area (Å²) in [5, 5.41) is 3.67. The lowest BCUT2D eigenvalue weighted by molar-refractivity contribution is -0.117. The van der Waals surface area contributed by atoms with Gasteiger partial charge in [0, 0.05) is 17.1 Å². The summed E-state index contributed by atoms with van der Waals surface area (Å²) in [5.41, 5.74) is 1.09. The molecule has 6 heteroatoms. The predicted molar refractivity (Wildman–Crippen MR) is 78.0 cm³/mol. The number of anilines is 1. The van der Waals surface area contributed by atoms with E-state index in [0.717, 1.165) is 12.0 Å². The molecule has 1 aromatic heterocycles. The zero-order valence-electron chi connectivity index (χ0n) is 10.4. The van der Waals surface area contributed by atoms with E-state index in [9.17, 15) is 4.79 Å². The number of rotatable bonds is 3. The van der Waals surface area contributed by atoms with Crippen molar-refractivity contribution in [3.8, 4) is 0 Å². The molecule has 1 fully saturated rings. The number of hydrogen-bond donors (Lipinski definition) is 1. The third kappa shape index (κ3) is 2.92. The Kier molecular flexibility index (Phi) is 3.59. The highest BCUT2D eigenvalue weighted by Crippen LogP contribution is 2.48. The molecule has 102 valence electrons. The van der Waals surface area contributed by atoms with Crippen LogP contribution in [-0.4, -0.2) is 15.9 Å². The zero-order chi connectivity index (χ0) is 14.1. The molecule has 1 amide bonds. The van der Waals surface area contributed by atoms with Crippen molar-refractivity contribution < 1.29 is 4.79 Å². The van der Waals surface area contributed by atoms with Gasteiger partial charge >= 0.3 is 0 Å². The molecule has 2 aromatic rings. The van der Waals surface area contributed by atoms with Gasteiger partial charge in [-0.3, -0.25) is 10.1 Å². The van der Waals surface area contributed by atoms with Crippen LogP contribution in [-0.2, 0) is 4.79 Å². The summed E-state index contributed by atoms with van der Waals surface area (Å²) in [5.74, 6) is 0.306. The standard InChI is InChI=1S/C14H11Cl2N3O/c15-9-3-1-2-8(6-9)10-7-11(10)13(20)19-14-17-5-4-12(16)18-14/h1-6,10-11H,7H2,(H,17,18,19,20)/t10-,11+/m1/s1. The van der Waals surface area contributed by atoms with Crippen molar-refractivity contribution in [2.24, 2.45) is 5.92 Å². The lowest BCUT2D eigenvalue weighted by Gasteiger charge is -2.03. The third-order valence-electron chi connectivity index (χ3n) is 3.26. The normalized spacial score (nSPS) is 20.5. The highest BCUT2D eigenvalue weighted by molar-refractivity contribution is 6.30. The maximum atomic E-state index is 12.1. The van der Waals surface area contributed by atoms with Crippen molar-refractivity contribution in [1.29, 1.82) is 0 Å². The molecule has 20 heavy (non-hydrogen) atoms. The second-order valence-electron chi connectivity index (χ2n) is 4.70. The van der Waals surface area contributed by atoms with Gasteiger partial charge in [0.15, 0.2) is 0 Å². The second-order valence-corrected chi connectivity index (χ2v) is 5.52. The Labute approximate surface area is 126 Å². The smallest absolute Gasteiger partial charge is 0.230 e. The summed E-state index contributed by atoms with van der Waals surface area (Å²) in [6.45, 7) is 0. The summed E-state index contributed by atoms with van der Waals surface area (Å²) in [6.07, 6.45) is 2.32. The highest BCUT2D eigenvalue weighted by Gasteiger charge is 2.44. The van der Waals surface area contributed by atoms with E-state index in [1.54, 1.807) is 6.07 Å². The molecule has 1 aromatic carbocycles. The predicted octanol–water partition coefficient (Wildman–Crippen LogP) is 3.53. The fraction of sp³-hybridized carbons (Fsp3) is 0.214. The summed E-state index contributed by atoms with van der Waals surface area (Å²) in [6, 6.07) is 9.16. The lowest BCUT2D eigenvalue weighted by Crippen LogP contribution is -2.16. The molecule has 0 bridgehead atoms. The van der Waals surface area contributed by atoms with Gasteiger partial charge in [-0.1, -0.05) is 35.3 Å². The van der Waals surface area contributed by atoms with E-state index >= 15 is 0 Å². The molecule has 0 aliphatic heterocycles. The summed E-state index contributed by atoms with van der Waals surface area (Å²) in [4.78, 5) is 20.0. The van der Waals surface area contributed by atoms with Crippen LogP contribution in [0.25, 0.3) is 0 Å².